The van der Waals surface area contributed by atoms with Gasteiger partial charge in [-0.25, -0.2) is 4.98 Å². The number of hydrogen-bond donors (Lipinski definition) is 1. The van der Waals surface area contributed by atoms with Crippen molar-refractivity contribution >= 4 is 5.91 Å². The van der Waals surface area contributed by atoms with Crippen molar-refractivity contribution in [3.63, 3.8) is 0 Å². The van der Waals surface area contributed by atoms with Gasteiger partial charge in [-0.15, -0.1) is 0 Å². The van der Waals surface area contributed by atoms with Crippen LogP contribution < -0.4 is 0 Å². The molecule has 6 heteroatoms. The summed E-state index contributed by atoms with van der Waals surface area (Å²) in [6.45, 7) is 5.44. The van der Waals surface area contributed by atoms with Crippen LogP contribution in [0.15, 0.2) is 36.4 Å². The summed E-state index contributed by atoms with van der Waals surface area (Å²) in [4.78, 5) is 20.2. The molecule has 0 atom stereocenters. The maximum absolute atomic E-state index is 13.6. The quantitative estimate of drug-likeness (QED) is 0.532. The highest BCUT2D eigenvalue weighted by Crippen LogP contribution is 2.40. The molecule has 2 heterocycles. The molecule has 1 saturated heterocycles. The van der Waals surface area contributed by atoms with Crippen LogP contribution >= 0.6 is 0 Å². The average molecular weight is 456 g/mol. The maximum atomic E-state index is 13.6. The summed E-state index contributed by atoms with van der Waals surface area (Å²) in [6.07, 6.45) is 6.75. The van der Waals surface area contributed by atoms with Gasteiger partial charge in [-0.1, -0.05) is 31.0 Å². The molecular weight excluding hydrogens is 422 g/mol. The lowest BCUT2D eigenvalue weighted by Gasteiger charge is -2.33. The van der Waals surface area contributed by atoms with Gasteiger partial charge in [0, 0.05) is 25.6 Å². The molecule has 2 fully saturated rings. The van der Waals surface area contributed by atoms with Crippen LogP contribution in [0, 0.1) is 25.2 Å². The summed E-state index contributed by atoms with van der Waals surface area (Å²) in [5, 5.41) is 16.4. The Labute approximate surface area is 202 Å². The largest absolute Gasteiger partial charge is 0.339 e. The zero-order chi connectivity index (χ0) is 23.7. The number of carbonyl (C=O) groups excluding carboxylic acids is 1. The highest BCUT2D eigenvalue weighted by atomic mass is 16.2. The van der Waals surface area contributed by atoms with E-state index in [0.29, 0.717) is 23.2 Å². The van der Waals surface area contributed by atoms with Crippen molar-refractivity contribution in [2.75, 3.05) is 13.1 Å². The third-order valence-corrected chi connectivity index (χ3v) is 7.55. The minimum Gasteiger partial charge on any atom is -0.339 e. The summed E-state index contributed by atoms with van der Waals surface area (Å²) >= 11 is 0. The molecule has 1 aromatic heterocycles. The molecule has 34 heavy (non-hydrogen) atoms. The van der Waals surface area contributed by atoms with Gasteiger partial charge in [0.2, 0.25) is 0 Å². The second-order valence-corrected chi connectivity index (χ2v) is 9.78. The Balaban J connectivity index is 0.00000289. The van der Waals surface area contributed by atoms with E-state index in [1.54, 1.807) is 0 Å². The number of hydrogen-bond acceptors (Lipinski definition) is 4. The van der Waals surface area contributed by atoms with Crippen molar-refractivity contribution in [3.8, 4) is 17.5 Å². The lowest BCUT2D eigenvalue weighted by atomic mass is 9.87. The van der Waals surface area contributed by atoms with Crippen LogP contribution in [0.5, 0.6) is 0 Å². The lowest BCUT2D eigenvalue weighted by Crippen LogP contribution is -2.38. The van der Waals surface area contributed by atoms with Crippen molar-refractivity contribution in [3.05, 3.63) is 70.0 Å². The second kappa shape index (κ2) is 9.42. The molecule has 2 aliphatic rings. The number of aromatic nitrogens is 3. The van der Waals surface area contributed by atoms with Crippen molar-refractivity contribution in [2.24, 2.45) is 0 Å². The summed E-state index contributed by atoms with van der Waals surface area (Å²) in [5.41, 5.74) is 6.02. The number of carbonyl (C=O) groups is 1. The molecule has 0 radical (unpaired) electrons. The second-order valence-electron chi connectivity index (χ2n) is 9.78. The van der Waals surface area contributed by atoms with E-state index < -0.39 is 0 Å². The van der Waals surface area contributed by atoms with Crippen LogP contribution in [0.2, 0.25) is 0 Å². The Morgan fingerprint density at radius 3 is 2.38 bits per heavy atom. The lowest BCUT2D eigenvalue weighted by molar-refractivity contribution is 0.0712. The van der Waals surface area contributed by atoms with Crippen molar-refractivity contribution in [1.82, 2.24) is 20.1 Å². The Bertz CT molecular complexity index is 1230. The van der Waals surface area contributed by atoms with Crippen LogP contribution in [-0.4, -0.2) is 39.1 Å². The van der Waals surface area contributed by atoms with E-state index in [9.17, 15) is 4.79 Å². The van der Waals surface area contributed by atoms with Crippen LogP contribution in [0.4, 0.5) is 0 Å². The highest BCUT2D eigenvalue weighted by Gasteiger charge is 2.28. The fourth-order valence-corrected chi connectivity index (χ4v) is 5.61. The Kier molecular flexibility index (Phi) is 6.19. The Morgan fingerprint density at radius 1 is 1.06 bits per heavy atom. The van der Waals surface area contributed by atoms with Gasteiger partial charge in [-0.05, 0) is 86.3 Å². The van der Waals surface area contributed by atoms with E-state index in [2.05, 4.69) is 46.4 Å². The summed E-state index contributed by atoms with van der Waals surface area (Å²) in [6, 6.07) is 14.3. The number of aromatic amines is 1. The SMILES string of the molecule is Cc1nc(-c2cc(C(=O)N3CCC(c4ccc(C#N)cc4)CC3)c(C)cc2C2CCCC2)n[nH]1.[HH]. The molecule has 0 bridgehead atoms. The van der Waals surface area contributed by atoms with Gasteiger partial charge in [0.1, 0.15) is 5.82 Å². The van der Waals surface area contributed by atoms with E-state index >= 15 is 0 Å². The zero-order valence-corrected chi connectivity index (χ0v) is 20.0. The maximum Gasteiger partial charge on any atom is 0.254 e. The minimum atomic E-state index is 0. The third-order valence-electron chi connectivity index (χ3n) is 7.55. The van der Waals surface area contributed by atoms with Crippen LogP contribution in [-0.2, 0) is 0 Å². The molecule has 2 aromatic carbocycles. The third kappa shape index (κ3) is 4.35. The van der Waals surface area contributed by atoms with Gasteiger partial charge in [-0.3, -0.25) is 9.89 Å². The van der Waals surface area contributed by atoms with E-state index in [4.69, 9.17) is 5.26 Å². The van der Waals surface area contributed by atoms with Gasteiger partial charge in [0.25, 0.3) is 5.91 Å². The summed E-state index contributed by atoms with van der Waals surface area (Å²) < 4.78 is 0. The highest BCUT2D eigenvalue weighted by molar-refractivity contribution is 5.97. The molecule has 1 N–H and O–H groups in total. The first-order valence-electron chi connectivity index (χ1n) is 12.4. The zero-order valence-electron chi connectivity index (χ0n) is 20.0. The fourth-order valence-electron chi connectivity index (χ4n) is 5.61. The molecule has 1 aliphatic carbocycles. The van der Waals surface area contributed by atoms with E-state index in [1.807, 2.05) is 30.0 Å². The van der Waals surface area contributed by atoms with Gasteiger partial charge >= 0.3 is 0 Å². The molecule has 5 rings (SSSR count). The van der Waals surface area contributed by atoms with E-state index in [-0.39, 0.29) is 7.33 Å². The molecule has 3 aromatic rings. The van der Waals surface area contributed by atoms with Gasteiger partial charge in [-0.2, -0.15) is 10.4 Å². The number of H-pyrrole nitrogens is 1. The van der Waals surface area contributed by atoms with Crippen LogP contribution in [0.25, 0.3) is 11.4 Å². The fraction of sp³-hybridized carbons (Fsp3) is 0.429. The number of rotatable bonds is 4. The molecule has 6 nitrogen and oxygen atoms in total. The first-order chi connectivity index (χ1) is 16.5. The van der Waals surface area contributed by atoms with Crippen LogP contribution in [0.3, 0.4) is 0 Å². The monoisotopic (exact) mass is 455 g/mol. The number of nitriles is 1. The predicted octanol–water partition coefficient (Wildman–Crippen LogP) is 5.88. The molecule has 1 amide bonds. The molecule has 1 saturated carbocycles. The minimum absolute atomic E-state index is 0. The number of amides is 1. The van der Waals surface area contributed by atoms with E-state index in [1.165, 1.54) is 36.8 Å². The number of nitrogens with one attached hydrogen (secondary N) is 1. The van der Waals surface area contributed by atoms with Gasteiger partial charge < -0.3 is 4.90 Å². The Morgan fingerprint density at radius 2 is 1.76 bits per heavy atom. The number of piperidine rings is 1. The molecular formula is C28H33N5O. The normalized spacial score (nSPS) is 17.1. The van der Waals surface area contributed by atoms with Crippen LogP contribution in [0.1, 0.15) is 90.2 Å². The number of benzene rings is 2. The smallest absolute Gasteiger partial charge is 0.254 e. The van der Waals surface area contributed by atoms with Crippen molar-refractivity contribution in [2.45, 2.75) is 64.2 Å². The van der Waals surface area contributed by atoms with Gasteiger partial charge in [0.05, 0.1) is 11.6 Å². The van der Waals surface area contributed by atoms with Crippen molar-refractivity contribution < 1.29 is 6.22 Å². The standard InChI is InChI=1S/C28H31N5O.H2/c1-18-15-25(23-5-3-4-6-23)26(27-30-19(2)31-32-27)16-24(18)28(34)33-13-11-22(12-14-33)21-9-7-20(17-29)8-10-21;/h7-10,15-16,22-23H,3-6,11-14H2,1-2H3,(H,30,31,32);1H. The van der Waals surface area contributed by atoms with E-state index in [0.717, 1.165) is 48.4 Å². The molecule has 176 valence electrons. The molecule has 0 unspecified atom stereocenters. The first kappa shape index (κ1) is 22.3. The molecule has 1 aliphatic heterocycles. The number of likely N-dealkylation sites (tertiary alicyclic amines) is 1. The number of aryl methyl sites for hydroxylation is 2. The topological polar surface area (TPSA) is 85.7 Å². The Hall–Kier alpha value is -3.46. The van der Waals surface area contributed by atoms with Crippen molar-refractivity contribution in [1.29, 1.82) is 5.26 Å². The molecule has 0 spiro atoms. The predicted molar refractivity (Wildman–Crippen MR) is 134 cm³/mol. The average Bonchev–Trinajstić information content (AvgIpc) is 3.56. The summed E-state index contributed by atoms with van der Waals surface area (Å²) in [5.74, 6) is 2.51. The number of nitrogens with zero attached hydrogens (tertiary/aromatic N) is 4. The first-order valence-corrected chi connectivity index (χ1v) is 12.4. The van der Waals surface area contributed by atoms with Gasteiger partial charge in [0.15, 0.2) is 5.82 Å². The summed E-state index contributed by atoms with van der Waals surface area (Å²) in [7, 11) is 0.